The number of carboxylic acid groups (broad SMARTS) is 1. The van der Waals surface area contributed by atoms with E-state index in [1.807, 2.05) is 13.8 Å². The van der Waals surface area contributed by atoms with Crippen molar-refractivity contribution in [2.75, 3.05) is 5.32 Å². The molecule has 0 fully saturated rings. The number of nitro groups is 1. The van der Waals surface area contributed by atoms with E-state index in [0.717, 1.165) is 12.8 Å². The van der Waals surface area contributed by atoms with E-state index in [1.165, 1.54) is 18.2 Å². The summed E-state index contributed by atoms with van der Waals surface area (Å²) in [4.78, 5) is 21.2. The van der Waals surface area contributed by atoms with Gasteiger partial charge in [0.2, 0.25) is 0 Å². The Morgan fingerprint density at radius 3 is 2.50 bits per heavy atom. The molecule has 6 heteroatoms. The number of nitrogens with zero attached hydrogens (tertiary/aromatic N) is 1. The monoisotopic (exact) mass is 252 g/mol. The highest BCUT2D eigenvalue weighted by molar-refractivity contribution is 5.94. The first-order chi connectivity index (χ1) is 8.49. The molecular formula is C12H16N2O4. The van der Waals surface area contributed by atoms with Gasteiger partial charge < -0.3 is 10.4 Å². The number of nitrogens with one attached hydrogen (secondary N) is 1. The SMILES string of the molecule is CCC(CC)Nc1cc([N+](=O)[O-])ccc1C(=O)O. The zero-order chi connectivity index (χ0) is 13.7. The number of aromatic carboxylic acids is 1. The van der Waals surface area contributed by atoms with Crippen LogP contribution in [0.25, 0.3) is 0 Å². The second kappa shape index (κ2) is 6.00. The summed E-state index contributed by atoms with van der Waals surface area (Å²) in [5.41, 5.74) is 0.228. The first kappa shape index (κ1) is 14.0. The average Bonchev–Trinajstić information content (AvgIpc) is 2.35. The van der Waals surface area contributed by atoms with Crippen molar-refractivity contribution >= 4 is 17.3 Å². The van der Waals surface area contributed by atoms with E-state index in [1.54, 1.807) is 0 Å². The van der Waals surface area contributed by atoms with Gasteiger partial charge in [-0.1, -0.05) is 13.8 Å². The van der Waals surface area contributed by atoms with Gasteiger partial charge in [0, 0.05) is 18.2 Å². The Morgan fingerprint density at radius 2 is 2.06 bits per heavy atom. The highest BCUT2D eigenvalue weighted by atomic mass is 16.6. The molecule has 2 N–H and O–H groups in total. The summed E-state index contributed by atoms with van der Waals surface area (Å²) in [6, 6.07) is 3.82. The molecule has 0 spiro atoms. The van der Waals surface area contributed by atoms with Gasteiger partial charge in [0.05, 0.1) is 16.2 Å². The fourth-order valence-electron chi connectivity index (χ4n) is 1.66. The van der Waals surface area contributed by atoms with Gasteiger partial charge in [-0.2, -0.15) is 0 Å². The van der Waals surface area contributed by atoms with Crippen LogP contribution in [0.1, 0.15) is 37.0 Å². The van der Waals surface area contributed by atoms with Crippen LogP contribution in [0.2, 0.25) is 0 Å². The van der Waals surface area contributed by atoms with E-state index >= 15 is 0 Å². The third kappa shape index (κ3) is 3.19. The van der Waals surface area contributed by atoms with Gasteiger partial charge in [-0.15, -0.1) is 0 Å². The van der Waals surface area contributed by atoms with Crippen LogP contribution < -0.4 is 5.32 Å². The van der Waals surface area contributed by atoms with Gasteiger partial charge >= 0.3 is 5.97 Å². The van der Waals surface area contributed by atoms with Crippen molar-refractivity contribution < 1.29 is 14.8 Å². The van der Waals surface area contributed by atoms with Crippen molar-refractivity contribution in [3.63, 3.8) is 0 Å². The fraction of sp³-hybridized carbons (Fsp3) is 0.417. The molecule has 1 aromatic rings. The molecule has 0 aliphatic rings. The predicted octanol–water partition coefficient (Wildman–Crippen LogP) is 2.89. The van der Waals surface area contributed by atoms with Crippen molar-refractivity contribution in [3.8, 4) is 0 Å². The highest BCUT2D eigenvalue weighted by Gasteiger charge is 2.16. The van der Waals surface area contributed by atoms with Crippen molar-refractivity contribution in [2.24, 2.45) is 0 Å². The Morgan fingerprint density at radius 1 is 1.44 bits per heavy atom. The lowest BCUT2D eigenvalue weighted by atomic mass is 10.1. The third-order valence-corrected chi connectivity index (χ3v) is 2.79. The highest BCUT2D eigenvalue weighted by Crippen LogP contribution is 2.24. The van der Waals surface area contributed by atoms with Crippen molar-refractivity contribution in [3.05, 3.63) is 33.9 Å². The zero-order valence-corrected chi connectivity index (χ0v) is 10.3. The van der Waals surface area contributed by atoms with Gasteiger partial charge in [0.25, 0.3) is 5.69 Å². The summed E-state index contributed by atoms with van der Waals surface area (Å²) < 4.78 is 0. The van der Waals surface area contributed by atoms with E-state index in [2.05, 4.69) is 5.32 Å². The van der Waals surface area contributed by atoms with Crippen LogP contribution in [-0.4, -0.2) is 22.0 Å². The van der Waals surface area contributed by atoms with E-state index in [-0.39, 0.29) is 17.3 Å². The molecule has 0 aliphatic carbocycles. The number of hydrogen-bond acceptors (Lipinski definition) is 4. The summed E-state index contributed by atoms with van der Waals surface area (Å²) in [5.74, 6) is -1.10. The molecule has 1 rings (SSSR count). The van der Waals surface area contributed by atoms with Crippen molar-refractivity contribution in [2.45, 2.75) is 32.7 Å². The largest absolute Gasteiger partial charge is 0.478 e. The van der Waals surface area contributed by atoms with E-state index in [9.17, 15) is 14.9 Å². The maximum absolute atomic E-state index is 11.1. The molecule has 0 amide bonds. The molecule has 6 nitrogen and oxygen atoms in total. The third-order valence-electron chi connectivity index (χ3n) is 2.79. The summed E-state index contributed by atoms with van der Waals surface area (Å²) in [5, 5.41) is 22.8. The van der Waals surface area contributed by atoms with Gasteiger partial charge in [0.15, 0.2) is 0 Å². The summed E-state index contributed by atoms with van der Waals surface area (Å²) in [7, 11) is 0. The first-order valence-electron chi connectivity index (χ1n) is 5.77. The molecule has 0 bridgehead atoms. The van der Waals surface area contributed by atoms with Gasteiger partial charge in [-0.25, -0.2) is 4.79 Å². The first-order valence-corrected chi connectivity index (χ1v) is 5.77. The minimum atomic E-state index is -1.10. The zero-order valence-electron chi connectivity index (χ0n) is 10.3. The maximum Gasteiger partial charge on any atom is 0.337 e. The smallest absolute Gasteiger partial charge is 0.337 e. The Kier molecular flexibility index (Phi) is 4.65. The normalized spacial score (nSPS) is 10.4. The van der Waals surface area contributed by atoms with Crippen molar-refractivity contribution in [1.82, 2.24) is 0 Å². The standard InChI is InChI=1S/C12H16N2O4/c1-3-8(4-2)13-11-7-9(14(17)18)5-6-10(11)12(15)16/h5-8,13H,3-4H2,1-2H3,(H,15,16). The van der Waals surface area contributed by atoms with Crippen LogP contribution in [-0.2, 0) is 0 Å². The van der Waals surface area contributed by atoms with Gasteiger partial charge in [-0.3, -0.25) is 10.1 Å². The topological polar surface area (TPSA) is 92.5 Å². The van der Waals surface area contributed by atoms with E-state index in [4.69, 9.17) is 5.11 Å². The maximum atomic E-state index is 11.1. The number of non-ortho nitro benzene ring substituents is 1. The Hall–Kier alpha value is -2.11. The minimum absolute atomic E-state index is 0.0486. The number of nitro benzene ring substituents is 1. The number of carboxylic acids is 1. The molecule has 18 heavy (non-hydrogen) atoms. The number of rotatable bonds is 6. The second-order valence-corrected chi connectivity index (χ2v) is 3.95. The van der Waals surface area contributed by atoms with Crippen LogP contribution in [0.4, 0.5) is 11.4 Å². The molecule has 0 aliphatic heterocycles. The lowest BCUT2D eigenvalue weighted by Crippen LogP contribution is -2.19. The Bertz CT molecular complexity index is 455. The molecule has 98 valence electrons. The second-order valence-electron chi connectivity index (χ2n) is 3.95. The number of benzene rings is 1. The molecule has 0 saturated heterocycles. The fourth-order valence-corrected chi connectivity index (χ4v) is 1.66. The summed E-state index contributed by atoms with van der Waals surface area (Å²) in [6.45, 7) is 3.94. The molecule has 0 saturated carbocycles. The van der Waals surface area contributed by atoms with Gasteiger partial charge in [0.1, 0.15) is 0 Å². The Labute approximate surface area is 105 Å². The number of anilines is 1. The molecule has 0 radical (unpaired) electrons. The summed E-state index contributed by atoms with van der Waals surface area (Å²) in [6.07, 6.45) is 1.64. The van der Waals surface area contributed by atoms with Crippen molar-refractivity contribution in [1.29, 1.82) is 0 Å². The molecular weight excluding hydrogens is 236 g/mol. The van der Waals surface area contributed by atoms with Crippen LogP contribution in [0.3, 0.4) is 0 Å². The molecule has 0 unspecified atom stereocenters. The van der Waals surface area contributed by atoms with Gasteiger partial charge in [-0.05, 0) is 18.9 Å². The van der Waals surface area contributed by atoms with Crippen LogP contribution >= 0.6 is 0 Å². The minimum Gasteiger partial charge on any atom is -0.478 e. The van der Waals surface area contributed by atoms with E-state index < -0.39 is 10.9 Å². The molecule has 0 atom stereocenters. The van der Waals surface area contributed by atoms with E-state index in [0.29, 0.717) is 5.69 Å². The van der Waals surface area contributed by atoms with Crippen LogP contribution in [0.5, 0.6) is 0 Å². The average molecular weight is 252 g/mol. The Balaban J connectivity index is 3.14. The lowest BCUT2D eigenvalue weighted by molar-refractivity contribution is -0.384. The summed E-state index contributed by atoms with van der Waals surface area (Å²) >= 11 is 0. The predicted molar refractivity (Wildman–Crippen MR) is 68.0 cm³/mol. The van der Waals surface area contributed by atoms with Crippen LogP contribution in [0, 0.1) is 10.1 Å². The number of hydrogen-bond donors (Lipinski definition) is 2. The molecule has 0 heterocycles. The molecule has 0 aromatic heterocycles. The number of carbonyl (C=O) groups is 1. The lowest BCUT2D eigenvalue weighted by Gasteiger charge is -2.17. The molecule has 1 aromatic carbocycles. The quantitative estimate of drug-likeness (QED) is 0.599. The van der Waals surface area contributed by atoms with Crippen LogP contribution in [0.15, 0.2) is 18.2 Å².